The molecule has 3 aliphatic heterocycles. The lowest BCUT2D eigenvalue weighted by atomic mass is 9.65. The van der Waals surface area contributed by atoms with Crippen LogP contribution in [0.2, 0.25) is 0 Å². The van der Waals surface area contributed by atoms with Crippen LogP contribution in [0.25, 0.3) is 10.9 Å². The number of rotatable bonds is 5. The molecule has 4 heterocycles. The first kappa shape index (κ1) is 39.5. The van der Waals surface area contributed by atoms with Gasteiger partial charge in [0.2, 0.25) is 21.8 Å². The predicted octanol–water partition coefficient (Wildman–Crippen LogP) is 5.27. The van der Waals surface area contributed by atoms with E-state index in [2.05, 4.69) is 15.4 Å². The molecule has 1 spiro atoms. The molecule has 1 aromatic heterocycles. The molecule has 0 radical (unpaired) electrons. The van der Waals surface area contributed by atoms with Gasteiger partial charge in [-0.25, -0.2) is 27.0 Å². The maximum atomic E-state index is 14.8. The van der Waals surface area contributed by atoms with E-state index in [4.69, 9.17) is 14.5 Å². The number of ether oxygens (including phenoxy) is 2. The number of fused-ring (bicyclic) bond motifs is 5. The molecule has 6 atom stereocenters. The van der Waals surface area contributed by atoms with E-state index in [0.29, 0.717) is 62.8 Å². The SMILES string of the molecule is Cc1nc2ccccc2c2c1O[C@]1(CC2)C[C@H]2C(=O)N[C@]3(C(=O)NS(=O)(=O)C4(C)CC4)CC[C@H]3/C=C\CCCCC[C@H](NC(=O)OC3CCC(F)(F)C3)C(=O)N2C1. The molecule has 1 aromatic carbocycles. The van der Waals surface area contributed by atoms with E-state index in [9.17, 15) is 36.4 Å². The Balaban J connectivity index is 1.12. The van der Waals surface area contributed by atoms with E-state index < -0.39 is 92.6 Å². The van der Waals surface area contributed by atoms with Crippen molar-refractivity contribution in [2.45, 2.75) is 150 Å². The number of carbonyl (C=O) groups excluding carboxylic acids is 4. The van der Waals surface area contributed by atoms with Gasteiger partial charge in [-0.05, 0) is 84.1 Å². The van der Waals surface area contributed by atoms with Crippen LogP contribution in [-0.2, 0) is 35.6 Å². The zero-order valence-electron chi connectivity index (χ0n) is 32.4. The van der Waals surface area contributed by atoms with Crippen molar-refractivity contribution in [2.75, 3.05) is 6.54 Å². The summed E-state index contributed by atoms with van der Waals surface area (Å²) < 4.78 is 68.0. The van der Waals surface area contributed by atoms with Gasteiger partial charge < -0.3 is 25.0 Å². The monoisotopic (exact) mass is 811 g/mol. The molecule has 13 nitrogen and oxygen atoms in total. The normalized spacial score (nSPS) is 32.6. The van der Waals surface area contributed by atoms with Crippen molar-refractivity contribution >= 4 is 44.7 Å². The zero-order chi connectivity index (χ0) is 40.4. The average Bonchev–Trinajstić information content (AvgIpc) is 3.69. The summed E-state index contributed by atoms with van der Waals surface area (Å²) in [5.74, 6) is -4.85. The average molecular weight is 812 g/mol. The number of benzene rings is 1. The molecule has 6 aliphatic rings. The molecule has 1 unspecified atom stereocenters. The Morgan fingerprint density at radius 3 is 2.53 bits per heavy atom. The van der Waals surface area contributed by atoms with Crippen molar-refractivity contribution in [3.8, 4) is 5.75 Å². The number of pyridine rings is 1. The number of hydrogen-bond donors (Lipinski definition) is 3. The van der Waals surface area contributed by atoms with Crippen molar-refractivity contribution in [1.82, 2.24) is 25.2 Å². The third kappa shape index (κ3) is 7.46. The number of sulfonamides is 1. The standard InChI is InChI=1S/C41H51F2N5O8S/c1-25-33-29(28-11-8-9-12-30(28)44-25)16-17-39(56-33)23-32-34(49)46-41(36(51)47-57(53,54)38(2)20-21-38)19-14-26(41)10-6-4-3-5-7-13-31(35(50)48(32)24-39)45-37(52)55-27-15-18-40(42,43)22-27/h6,8-12,26-27,31-32H,3-5,7,13-24H2,1-2H3,(H,45,52)(H,46,49)(H,47,51)/b10-6-/t26-,27?,31+,32+,39-,41-/m1/s1. The second kappa shape index (κ2) is 14.5. The van der Waals surface area contributed by atoms with Gasteiger partial charge in [-0.2, -0.15) is 0 Å². The number of allylic oxidation sites excluding steroid dienone is 1. The molecular weight excluding hydrogens is 761 g/mol. The number of hydrogen-bond acceptors (Lipinski definition) is 9. The number of alkyl halides is 2. The van der Waals surface area contributed by atoms with Crippen LogP contribution in [0.15, 0.2) is 36.4 Å². The lowest BCUT2D eigenvalue weighted by molar-refractivity contribution is -0.144. The molecule has 4 amide bonds. The Morgan fingerprint density at radius 2 is 1.81 bits per heavy atom. The minimum Gasteiger partial charge on any atom is -0.483 e. The first-order chi connectivity index (χ1) is 27.0. The number of halogens is 2. The van der Waals surface area contributed by atoms with Crippen molar-refractivity contribution in [2.24, 2.45) is 5.92 Å². The van der Waals surface area contributed by atoms with E-state index in [1.54, 1.807) is 6.92 Å². The van der Waals surface area contributed by atoms with Crippen molar-refractivity contribution in [3.05, 3.63) is 47.7 Å². The topological polar surface area (TPSA) is 173 Å². The molecule has 3 N–H and O–H groups in total. The third-order valence-corrected chi connectivity index (χ3v) is 15.4. The molecule has 16 heteroatoms. The fourth-order valence-electron chi connectivity index (χ4n) is 9.35. The van der Waals surface area contributed by atoms with Crippen molar-refractivity contribution < 1.29 is 45.9 Å². The minimum absolute atomic E-state index is 0.00266. The van der Waals surface area contributed by atoms with Crippen LogP contribution >= 0.6 is 0 Å². The number of nitrogens with zero attached hydrogens (tertiary/aromatic N) is 2. The molecular formula is C41H51F2N5O8S. The maximum Gasteiger partial charge on any atom is 0.408 e. The molecule has 1 saturated heterocycles. The largest absolute Gasteiger partial charge is 0.483 e. The highest BCUT2D eigenvalue weighted by Gasteiger charge is 2.59. The van der Waals surface area contributed by atoms with E-state index in [1.807, 2.05) is 43.3 Å². The summed E-state index contributed by atoms with van der Waals surface area (Å²) in [7, 11) is -4.04. The van der Waals surface area contributed by atoms with Gasteiger partial charge in [0.15, 0.2) is 0 Å². The zero-order valence-corrected chi connectivity index (χ0v) is 33.2. The summed E-state index contributed by atoms with van der Waals surface area (Å²) in [5.41, 5.74) is -0.151. The Hall–Kier alpha value is -4.34. The Morgan fingerprint density at radius 1 is 1.02 bits per heavy atom. The Labute approximate surface area is 331 Å². The second-order valence-electron chi connectivity index (χ2n) is 17.4. The summed E-state index contributed by atoms with van der Waals surface area (Å²) in [6.45, 7) is 3.42. The maximum absolute atomic E-state index is 14.8. The second-order valence-corrected chi connectivity index (χ2v) is 19.6. The molecule has 0 bridgehead atoms. The van der Waals surface area contributed by atoms with Crippen molar-refractivity contribution in [3.63, 3.8) is 0 Å². The van der Waals surface area contributed by atoms with E-state index >= 15 is 0 Å². The number of carbonyl (C=O) groups is 4. The predicted molar refractivity (Wildman–Crippen MR) is 205 cm³/mol. The van der Waals surface area contributed by atoms with Crippen LogP contribution in [0.4, 0.5) is 13.6 Å². The molecule has 8 rings (SSSR count). The highest BCUT2D eigenvalue weighted by molar-refractivity contribution is 7.91. The molecule has 308 valence electrons. The van der Waals surface area contributed by atoms with Crippen molar-refractivity contribution in [1.29, 1.82) is 0 Å². The van der Waals surface area contributed by atoms with E-state index in [-0.39, 0.29) is 32.2 Å². The van der Waals surface area contributed by atoms with Crippen LogP contribution in [0.3, 0.4) is 0 Å². The van der Waals surface area contributed by atoms with E-state index in [1.165, 1.54) is 4.90 Å². The van der Waals surface area contributed by atoms with Gasteiger partial charge in [-0.1, -0.05) is 43.2 Å². The van der Waals surface area contributed by atoms with Crippen LogP contribution in [0, 0.1) is 12.8 Å². The van der Waals surface area contributed by atoms with Crippen LogP contribution in [0.1, 0.15) is 108 Å². The highest BCUT2D eigenvalue weighted by Crippen LogP contribution is 2.47. The fourth-order valence-corrected chi connectivity index (χ4v) is 10.7. The van der Waals surface area contributed by atoms with Gasteiger partial charge in [0.1, 0.15) is 35.1 Å². The number of aryl methyl sites for hydroxylation is 2. The van der Waals surface area contributed by atoms with Crippen LogP contribution in [0.5, 0.6) is 5.75 Å². The number of para-hydroxylation sites is 1. The van der Waals surface area contributed by atoms with Crippen LogP contribution < -0.4 is 20.1 Å². The number of amides is 4. The molecule has 57 heavy (non-hydrogen) atoms. The number of aromatic nitrogens is 1. The van der Waals surface area contributed by atoms with Gasteiger partial charge in [-0.15, -0.1) is 0 Å². The Bertz CT molecular complexity index is 2130. The quantitative estimate of drug-likeness (QED) is 0.340. The fraction of sp³-hybridized carbons (Fsp3) is 0.634. The van der Waals surface area contributed by atoms with Gasteiger partial charge in [0.05, 0.1) is 22.5 Å². The first-order valence-electron chi connectivity index (χ1n) is 20.3. The molecule has 3 saturated carbocycles. The minimum atomic E-state index is -4.04. The molecule has 3 aliphatic carbocycles. The smallest absolute Gasteiger partial charge is 0.408 e. The molecule has 2 aromatic rings. The van der Waals surface area contributed by atoms with Gasteiger partial charge >= 0.3 is 6.09 Å². The lowest BCUT2D eigenvalue weighted by Crippen LogP contribution is -2.70. The molecule has 4 fully saturated rings. The highest BCUT2D eigenvalue weighted by atomic mass is 32.2. The Kier molecular flexibility index (Phi) is 10.0. The summed E-state index contributed by atoms with van der Waals surface area (Å²) in [6.07, 6.45) is 6.31. The van der Waals surface area contributed by atoms with Gasteiger partial charge in [-0.3, -0.25) is 19.1 Å². The third-order valence-electron chi connectivity index (χ3n) is 13.3. The summed E-state index contributed by atoms with van der Waals surface area (Å²) in [4.78, 5) is 63.1. The van der Waals surface area contributed by atoms with E-state index in [0.717, 1.165) is 22.9 Å². The van der Waals surface area contributed by atoms with Gasteiger partial charge in [0.25, 0.3) is 11.8 Å². The van der Waals surface area contributed by atoms with Crippen LogP contribution in [-0.4, -0.2) is 88.7 Å². The summed E-state index contributed by atoms with van der Waals surface area (Å²) in [6, 6.07) is 5.45. The number of alkyl carbamates (subject to hydrolysis) is 1. The summed E-state index contributed by atoms with van der Waals surface area (Å²) in [5, 5.41) is 6.56. The number of nitrogens with one attached hydrogen (secondary N) is 3. The first-order valence-corrected chi connectivity index (χ1v) is 21.8. The summed E-state index contributed by atoms with van der Waals surface area (Å²) >= 11 is 0. The van der Waals surface area contributed by atoms with Gasteiger partial charge in [0, 0.05) is 36.1 Å². The lowest BCUT2D eigenvalue weighted by Gasteiger charge is -2.48.